The fourth-order valence-electron chi connectivity index (χ4n) is 1.96. The van der Waals surface area contributed by atoms with Gasteiger partial charge in [-0.3, -0.25) is 0 Å². The van der Waals surface area contributed by atoms with Gasteiger partial charge in [0.25, 0.3) is 0 Å². The Balaban J connectivity index is 2.41. The molecule has 0 saturated carbocycles. The minimum atomic E-state index is 0.536. The molecule has 17 heavy (non-hydrogen) atoms. The minimum absolute atomic E-state index is 0.536. The molecule has 0 spiro atoms. The lowest BCUT2D eigenvalue weighted by Gasteiger charge is -2.23. The molecule has 0 aliphatic rings. The first-order valence-corrected chi connectivity index (χ1v) is 7.74. The Kier molecular flexibility index (Phi) is 6.57. The molecule has 1 aromatic carbocycles. The Hall–Kier alpha value is -0.0200. The largest absolute Gasteiger partial charge is 0.494 e. The maximum absolute atomic E-state index is 5.77. The highest BCUT2D eigenvalue weighted by molar-refractivity contribution is 9.10. The fourth-order valence-corrected chi connectivity index (χ4v) is 3.22. The third-order valence-corrected chi connectivity index (χ3v) is 4.13. The van der Waals surface area contributed by atoms with E-state index in [2.05, 4.69) is 52.6 Å². The molecule has 0 amide bonds. The summed E-state index contributed by atoms with van der Waals surface area (Å²) >= 11 is 7.12. The zero-order chi connectivity index (χ0) is 12.8. The van der Waals surface area contributed by atoms with E-state index in [1.54, 1.807) is 0 Å². The first-order chi connectivity index (χ1) is 8.00. The molecule has 0 radical (unpaired) electrons. The van der Waals surface area contributed by atoms with Crippen molar-refractivity contribution in [3.8, 4) is 5.75 Å². The van der Waals surface area contributed by atoms with Crippen LogP contribution in [0.1, 0.15) is 27.2 Å². The van der Waals surface area contributed by atoms with Crippen molar-refractivity contribution in [2.75, 3.05) is 6.61 Å². The Morgan fingerprint density at radius 2 is 1.94 bits per heavy atom. The summed E-state index contributed by atoms with van der Waals surface area (Å²) in [5, 5.41) is 0. The topological polar surface area (TPSA) is 9.23 Å². The molecule has 2 unspecified atom stereocenters. The third kappa shape index (κ3) is 5.43. The van der Waals surface area contributed by atoms with E-state index in [4.69, 9.17) is 4.74 Å². The summed E-state index contributed by atoms with van der Waals surface area (Å²) in [5.41, 5.74) is 0. The van der Waals surface area contributed by atoms with Crippen molar-refractivity contribution in [1.82, 2.24) is 0 Å². The van der Waals surface area contributed by atoms with E-state index >= 15 is 0 Å². The van der Waals surface area contributed by atoms with Crippen LogP contribution >= 0.6 is 31.9 Å². The van der Waals surface area contributed by atoms with Gasteiger partial charge in [-0.2, -0.15) is 0 Å². The van der Waals surface area contributed by atoms with Gasteiger partial charge in [0.1, 0.15) is 5.75 Å². The zero-order valence-corrected chi connectivity index (χ0v) is 13.8. The molecule has 1 aromatic rings. The number of alkyl halides is 1. The second-order valence-corrected chi connectivity index (χ2v) is 7.04. The second kappa shape index (κ2) is 7.42. The number of ether oxygens (including phenoxy) is 1. The molecule has 0 aromatic heterocycles. The first kappa shape index (κ1) is 15.0. The molecular formula is C14H20Br2O. The summed E-state index contributed by atoms with van der Waals surface area (Å²) < 4.78 is 6.83. The number of benzene rings is 1. The van der Waals surface area contributed by atoms with Crippen LogP contribution in [0, 0.1) is 11.8 Å². The van der Waals surface area contributed by atoms with E-state index in [1.165, 1.54) is 0 Å². The lowest BCUT2D eigenvalue weighted by molar-refractivity contribution is 0.249. The molecule has 0 N–H and O–H groups in total. The zero-order valence-electron chi connectivity index (χ0n) is 10.6. The second-order valence-electron chi connectivity index (χ2n) is 4.68. The van der Waals surface area contributed by atoms with Crippen LogP contribution in [0.5, 0.6) is 5.75 Å². The van der Waals surface area contributed by atoms with Crippen LogP contribution in [-0.2, 0) is 0 Å². The van der Waals surface area contributed by atoms with Crippen molar-refractivity contribution in [1.29, 1.82) is 0 Å². The standard InChI is InChI=1S/C14H20Br2O/c1-10(2)14(11(3)15)7-8-17-13-6-4-5-12(16)9-13/h4-6,9-11,14H,7-8H2,1-3H3. The van der Waals surface area contributed by atoms with Gasteiger partial charge in [0, 0.05) is 9.30 Å². The summed E-state index contributed by atoms with van der Waals surface area (Å²) in [5.74, 6) is 2.27. The van der Waals surface area contributed by atoms with Crippen LogP contribution in [0.4, 0.5) is 0 Å². The van der Waals surface area contributed by atoms with Crippen LogP contribution in [0.2, 0.25) is 0 Å². The van der Waals surface area contributed by atoms with Gasteiger partial charge in [-0.25, -0.2) is 0 Å². The van der Waals surface area contributed by atoms with Gasteiger partial charge in [0.15, 0.2) is 0 Å². The Morgan fingerprint density at radius 1 is 1.24 bits per heavy atom. The first-order valence-electron chi connectivity index (χ1n) is 6.03. The Labute approximate surface area is 121 Å². The van der Waals surface area contributed by atoms with Crippen molar-refractivity contribution in [2.45, 2.75) is 32.0 Å². The number of halogens is 2. The molecule has 96 valence electrons. The van der Waals surface area contributed by atoms with E-state index in [-0.39, 0.29) is 0 Å². The van der Waals surface area contributed by atoms with Crippen LogP contribution in [0.3, 0.4) is 0 Å². The molecule has 0 saturated heterocycles. The van der Waals surface area contributed by atoms with Crippen molar-refractivity contribution in [2.24, 2.45) is 11.8 Å². The number of hydrogen-bond acceptors (Lipinski definition) is 1. The highest BCUT2D eigenvalue weighted by Gasteiger charge is 2.18. The molecule has 3 heteroatoms. The summed E-state index contributed by atoms with van der Waals surface area (Å²) in [6, 6.07) is 7.99. The molecule has 2 atom stereocenters. The number of hydrogen-bond donors (Lipinski definition) is 0. The van der Waals surface area contributed by atoms with Crippen LogP contribution in [-0.4, -0.2) is 11.4 Å². The summed E-state index contributed by atoms with van der Waals surface area (Å²) in [6.07, 6.45) is 1.08. The third-order valence-electron chi connectivity index (χ3n) is 2.96. The molecule has 0 heterocycles. The van der Waals surface area contributed by atoms with Crippen molar-refractivity contribution >= 4 is 31.9 Å². The fraction of sp³-hybridized carbons (Fsp3) is 0.571. The van der Waals surface area contributed by atoms with E-state index in [0.29, 0.717) is 16.7 Å². The Bertz CT molecular complexity index is 329. The van der Waals surface area contributed by atoms with E-state index in [0.717, 1.165) is 23.2 Å². The van der Waals surface area contributed by atoms with Gasteiger partial charge in [0.2, 0.25) is 0 Å². The van der Waals surface area contributed by atoms with E-state index in [9.17, 15) is 0 Å². The SMILES string of the molecule is CC(C)C(CCOc1cccc(Br)c1)C(C)Br. The predicted octanol–water partition coefficient (Wildman–Crippen LogP) is 5.27. The van der Waals surface area contributed by atoms with Crippen LogP contribution in [0.25, 0.3) is 0 Å². The summed E-state index contributed by atoms with van der Waals surface area (Å²) in [4.78, 5) is 0.536. The van der Waals surface area contributed by atoms with Gasteiger partial charge in [-0.1, -0.05) is 58.7 Å². The minimum Gasteiger partial charge on any atom is -0.494 e. The maximum atomic E-state index is 5.77. The number of rotatable bonds is 6. The molecule has 0 fully saturated rings. The van der Waals surface area contributed by atoms with Gasteiger partial charge >= 0.3 is 0 Å². The normalized spacial score (nSPS) is 14.7. The van der Waals surface area contributed by atoms with Gasteiger partial charge in [-0.05, 0) is 36.5 Å². The smallest absolute Gasteiger partial charge is 0.120 e. The quantitative estimate of drug-likeness (QED) is 0.625. The van der Waals surface area contributed by atoms with Crippen molar-refractivity contribution in [3.63, 3.8) is 0 Å². The molecule has 0 aliphatic carbocycles. The maximum Gasteiger partial charge on any atom is 0.120 e. The summed E-state index contributed by atoms with van der Waals surface area (Å²) in [7, 11) is 0. The van der Waals surface area contributed by atoms with Gasteiger partial charge < -0.3 is 4.74 Å². The predicted molar refractivity (Wildman–Crippen MR) is 81.0 cm³/mol. The average molecular weight is 364 g/mol. The highest BCUT2D eigenvalue weighted by Crippen LogP contribution is 2.25. The lowest BCUT2D eigenvalue weighted by Crippen LogP contribution is -2.20. The van der Waals surface area contributed by atoms with E-state index < -0.39 is 0 Å². The van der Waals surface area contributed by atoms with E-state index in [1.807, 2.05) is 24.3 Å². The lowest BCUT2D eigenvalue weighted by atomic mass is 9.90. The Morgan fingerprint density at radius 3 is 2.47 bits per heavy atom. The van der Waals surface area contributed by atoms with Gasteiger partial charge in [-0.15, -0.1) is 0 Å². The monoisotopic (exact) mass is 362 g/mol. The molecule has 0 aliphatic heterocycles. The van der Waals surface area contributed by atoms with Crippen molar-refractivity contribution < 1.29 is 4.74 Å². The molecular weight excluding hydrogens is 344 g/mol. The van der Waals surface area contributed by atoms with Crippen LogP contribution in [0.15, 0.2) is 28.7 Å². The molecule has 0 bridgehead atoms. The van der Waals surface area contributed by atoms with Crippen molar-refractivity contribution in [3.05, 3.63) is 28.7 Å². The average Bonchev–Trinajstić information content (AvgIpc) is 2.23. The summed E-state index contributed by atoms with van der Waals surface area (Å²) in [6.45, 7) is 7.52. The van der Waals surface area contributed by atoms with Crippen LogP contribution < -0.4 is 4.74 Å². The highest BCUT2D eigenvalue weighted by atomic mass is 79.9. The molecule has 1 nitrogen and oxygen atoms in total. The van der Waals surface area contributed by atoms with Gasteiger partial charge in [0.05, 0.1) is 6.61 Å². The molecule has 1 rings (SSSR count).